The van der Waals surface area contributed by atoms with Crippen molar-refractivity contribution < 1.29 is 89.3 Å². The zero-order valence-corrected chi connectivity index (χ0v) is 21.3. The molecule has 0 amide bonds. The standard InChI is InChI=1S/C14H16F10O2.C8H8F6O2/c1-3-9(25)26-8-14(23,24)7-13(21,22)6-12(19,20)5-11(17,18)4-10(2,15)16;1-2-5(15)16-4-7(11,12)3-8(13,14)6(9)10/h3H,1,4-8H2,2H3;2,6H,1,3-4H2. The van der Waals surface area contributed by atoms with Crippen LogP contribution in [0.1, 0.15) is 39.0 Å². The van der Waals surface area contributed by atoms with Gasteiger partial charge in [0.25, 0.3) is 35.5 Å². The Balaban J connectivity index is 0. The van der Waals surface area contributed by atoms with Crippen LogP contribution < -0.4 is 0 Å². The summed E-state index contributed by atoms with van der Waals surface area (Å²) in [5, 5.41) is 0. The van der Waals surface area contributed by atoms with Crippen LogP contribution in [0, 0.1) is 0 Å². The molecule has 4 nitrogen and oxygen atoms in total. The first-order valence-corrected chi connectivity index (χ1v) is 10.9. The number of hydrogen-bond acceptors (Lipinski definition) is 4. The van der Waals surface area contributed by atoms with E-state index < -0.39 is 105 Å². The molecule has 0 aliphatic heterocycles. The van der Waals surface area contributed by atoms with Gasteiger partial charge in [0.1, 0.15) is 0 Å². The number of esters is 2. The van der Waals surface area contributed by atoms with Crippen molar-refractivity contribution in [3.63, 3.8) is 0 Å². The first-order chi connectivity index (χ1) is 18.4. The predicted octanol–water partition coefficient (Wildman–Crippen LogP) is 8.11. The van der Waals surface area contributed by atoms with E-state index in [0.717, 1.165) is 0 Å². The zero-order chi connectivity index (χ0) is 34.0. The summed E-state index contributed by atoms with van der Waals surface area (Å²) < 4.78 is 212. The molecule has 0 bridgehead atoms. The number of halogens is 16. The van der Waals surface area contributed by atoms with Crippen LogP contribution in [-0.2, 0) is 19.1 Å². The maximum atomic E-state index is 13.4. The van der Waals surface area contributed by atoms with E-state index in [1.54, 1.807) is 0 Å². The van der Waals surface area contributed by atoms with Crippen LogP contribution in [0.25, 0.3) is 0 Å². The van der Waals surface area contributed by atoms with E-state index >= 15 is 0 Å². The fourth-order valence-electron chi connectivity index (χ4n) is 2.77. The van der Waals surface area contributed by atoms with E-state index in [0.29, 0.717) is 12.2 Å². The van der Waals surface area contributed by atoms with Gasteiger partial charge in [-0.2, -0.15) is 0 Å². The highest BCUT2D eigenvalue weighted by Crippen LogP contribution is 2.45. The lowest BCUT2D eigenvalue weighted by atomic mass is 9.96. The summed E-state index contributed by atoms with van der Waals surface area (Å²) in [6, 6.07) is 0. The van der Waals surface area contributed by atoms with Gasteiger partial charge >= 0.3 is 24.3 Å². The molecular weight excluding hydrogens is 632 g/mol. The lowest BCUT2D eigenvalue weighted by molar-refractivity contribution is -0.198. The number of carbonyl (C=O) groups excluding carboxylic acids is 2. The van der Waals surface area contributed by atoms with Crippen LogP contribution in [0.4, 0.5) is 70.2 Å². The summed E-state index contributed by atoms with van der Waals surface area (Å²) in [5.74, 6) is -34.6. The predicted molar refractivity (Wildman–Crippen MR) is 112 cm³/mol. The monoisotopic (exact) mass is 656 g/mol. The van der Waals surface area contributed by atoms with E-state index in [4.69, 9.17) is 0 Å². The molecule has 0 spiro atoms. The van der Waals surface area contributed by atoms with Gasteiger partial charge in [-0.25, -0.2) is 79.8 Å². The Kier molecular flexibility index (Phi) is 14.9. The van der Waals surface area contributed by atoms with E-state index in [9.17, 15) is 79.8 Å². The van der Waals surface area contributed by atoms with Crippen molar-refractivity contribution in [1.29, 1.82) is 0 Å². The van der Waals surface area contributed by atoms with Crippen LogP contribution in [-0.4, -0.2) is 73.0 Å². The second-order valence-corrected chi connectivity index (χ2v) is 8.92. The van der Waals surface area contributed by atoms with Gasteiger partial charge in [-0.05, 0) is 6.92 Å². The Morgan fingerprint density at radius 2 is 0.857 bits per heavy atom. The molecule has 0 atom stereocenters. The maximum Gasteiger partial charge on any atom is 0.330 e. The molecule has 0 aliphatic carbocycles. The third kappa shape index (κ3) is 20.2. The summed E-state index contributed by atoms with van der Waals surface area (Å²) in [5.41, 5.74) is 0. The van der Waals surface area contributed by atoms with Crippen molar-refractivity contribution >= 4 is 11.9 Å². The average Bonchev–Trinajstić information content (AvgIpc) is 2.71. The van der Waals surface area contributed by atoms with Crippen molar-refractivity contribution in [3.8, 4) is 0 Å². The highest BCUT2D eigenvalue weighted by molar-refractivity contribution is 5.81. The van der Waals surface area contributed by atoms with Crippen LogP contribution in [0.5, 0.6) is 0 Å². The molecule has 0 saturated heterocycles. The van der Waals surface area contributed by atoms with Crippen LogP contribution in [0.3, 0.4) is 0 Å². The molecule has 0 radical (unpaired) electrons. The third-order valence-corrected chi connectivity index (χ3v) is 4.12. The van der Waals surface area contributed by atoms with Gasteiger partial charge < -0.3 is 9.47 Å². The van der Waals surface area contributed by atoms with Crippen LogP contribution in [0.15, 0.2) is 25.3 Å². The number of rotatable bonds is 17. The SMILES string of the molecule is C=CC(=O)OCC(F)(F)CC(F)(F)C(F)F.C=CC(=O)OCC(F)(F)CC(F)(F)CC(F)(F)CC(F)(F)CC(C)(F)F. The highest BCUT2D eigenvalue weighted by Gasteiger charge is 2.54. The number of alkyl halides is 16. The maximum absolute atomic E-state index is 13.4. The first-order valence-electron chi connectivity index (χ1n) is 10.9. The van der Waals surface area contributed by atoms with Crippen molar-refractivity contribution in [2.24, 2.45) is 0 Å². The largest absolute Gasteiger partial charge is 0.456 e. The normalized spacial score (nSPS) is 13.7. The Labute approximate surface area is 227 Å². The van der Waals surface area contributed by atoms with Gasteiger partial charge in [0, 0.05) is 12.2 Å². The fourth-order valence-corrected chi connectivity index (χ4v) is 2.77. The number of hydrogen-bond donors (Lipinski definition) is 0. The lowest BCUT2D eigenvalue weighted by Crippen LogP contribution is -2.40. The molecule has 0 fully saturated rings. The molecule has 20 heteroatoms. The molecule has 0 heterocycles. The summed E-state index contributed by atoms with van der Waals surface area (Å²) >= 11 is 0. The van der Waals surface area contributed by atoms with Gasteiger partial charge in [-0.15, -0.1) is 0 Å². The van der Waals surface area contributed by atoms with Crippen molar-refractivity contribution in [1.82, 2.24) is 0 Å². The molecule has 0 aromatic carbocycles. The number of ether oxygens (including phenoxy) is 2. The summed E-state index contributed by atoms with van der Waals surface area (Å²) in [6.07, 6.45) is -15.8. The Hall–Kier alpha value is -2.70. The second kappa shape index (κ2) is 15.2. The van der Waals surface area contributed by atoms with Gasteiger partial charge in [-0.3, -0.25) is 0 Å². The molecule has 0 N–H and O–H groups in total. The average molecular weight is 656 g/mol. The molecular formula is C22H24F16O4. The molecule has 0 aliphatic rings. The van der Waals surface area contributed by atoms with Crippen LogP contribution in [0.2, 0.25) is 0 Å². The molecule has 42 heavy (non-hydrogen) atoms. The van der Waals surface area contributed by atoms with Gasteiger partial charge in [0.2, 0.25) is 0 Å². The molecule has 248 valence electrons. The number of carbonyl (C=O) groups is 2. The van der Waals surface area contributed by atoms with Crippen molar-refractivity contribution in [3.05, 3.63) is 25.3 Å². The second-order valence-electron chi connectivity index (χ2n) is 8.92. The summed E-state index contributed by atoms with van der Waals surface area (Å²) in [7, 11) is 0. The minimum absolute atomic E-state index is 0.0265. The van der Waals surface area contributed by atoms with Crippen molar-refractivity contribution in [2.75, 3.05) is 13.2 Å². The highest BCUT2D eigenvalue weighted by atomic mass is 19.3. The lowest BCUT2D eigenvalue weighted by Gasteiger charge is -2.29. The van der Waals surface area contributed by atoms with E-state index in [-0.39, 0.29) is 6.92 Å². The van der Waals surface area contributed by atoms with Gasteiger partial charge in [0.15, 0.2) is 13.2 Å². The molecule has 0 saturated carbocycles. The third-order valence-electron chi connectivity index (χ3n) is 4.12. The molecule has 0 aromatic rings. The molecule has 0 rings (SSSR count). The minimum atomic E-state index is -4.90. The Morgan fingerprint density at radius 1 is 0.571 bits per heavy atom. The quantitative estimate of drug-likeness (QED) is 0.0902. The Morgan fingerprint density at radius 3 is 1.14 bits per heavy atom. The van der Waals surface area contributed by atoms with E-state index in [1.165, 1.54) is 0 Å². The fraction of sp³-hybridized carbons (Fsp3) is 0.727. The Bertz CT molecular complexity index is 897. The van der Waals surface area contributed by atoms with E-state index in [2.05, 4.69) is 22.6 Å². The summed E-state index contributed by atoms with van der Waals surface area (Å²) in [4.78, 5) is 20.9. The first kappa shape index (κ1) is 41.4. The zero-order valence-electron chi connectivity index (χ0n) is 21.3. The van der Waals surface area contributed by atoms with Gasteiger partial charge in [-0.1, -0.05) is 13.2 Å². The van der Waals surface area contributed by atoms with E-state index in [1.807, 2.05) is 0 Å². The molecule has 0 aromatic heterocycles. The van der Waals surface area contributed by atoms with Crippen molar-refractivity contribution in [2.45, 2.75) is 86.9 Å². The topological polar surface area (TPSA) is 52.6 Å². The summed E-state index contributed by atoms with van der Waals surface area (Å²) in [6.45, 7) is 2.20. The smallest absolute Gasteiger partial charge is 0.330 e. The molecule has 0 unspecified atom stereocenters. The minimum Gasteiger partial charge on any atom is -0.456 e. The van der Waals surface area contributed by atoms with Gasteiger partial charge in [0.05, 0.1) is 32.1 Å². The van der Waals surface area contributed by atoms with Crippen LogP contribution >= 0.6 is 0 Å².